The van der Waals surface area contributed by atoms with Crippen molar-refractivity contribution in [1.29, 1.82) is 0 Å². The number of carbonyl (C=O) groups is 1. The van der Waals surface area contributed by atoms with E-state index < -0.39 is 5.97 Å². The van der Waals surface area contributed by atoms with Crippen molar-refractivity contribution in [2.75, 3.05) is 13.1 Å². The second-order valence-electron chi connectivity index (χ2n) is 4.66. The van der Waals surface area contributed by atoms with Crippen molar-refractivity contribution in [1.82, 2.24) is 4.90 Å². The first-order valence-electron chi connectivity index (χ1n) is 5.95. The summed E-state index contributed by atoms with van der Waals surface area (Å²) < 4.78 is 13.6. The molecule has 1 fully saturated rings. The highest BCUT2D eigenvalue weighted by Gasteiger charge is 2.25. The summed E-state index contributed by atoms with van der Waals surface area (Å²) in [5.41, 5.74) is 0.995. The lowest BCUT2D eigenvalue weighted by Crippen LogP contribution is -2.38. The van der Waals surface area contributed by atoms with Crippen LogP contribution in [0, 0.1) is 11.7 Å². The Morgan fingerprint density at radius 3 is 3.00 bits per heavy atom. The van der Waals surface area contributed by atoms with E-state index in [0.29, 0.717) is 17.6 Å². The van der Waals surface area contributed by atoms with Crippen LogP contribution in [-0.4, -0.2) is 29.1 Å². The predicted molar refractivity (Wildman–Crippen MR) is 69.7 cm³/mol. The van der Waals surface area contributed by atoms with Crippen molar-refractivity contribution >= 4 is 21.9 Å². The van der Waals surface area contributed by atoms with Crippen molar-refractivity contribution in [3.05, 3.63) is 34.1 Å². The van der Waals surface area contributed by atoms with Crippen LogP contribution in [-0.2, 0) is 11.3 Å². The average Bonchev–Trinajstić information content (AvgIpc) is 2.34. The molecule has 1 saturated heterocycles. The third-order valence-electron chi connectivity index (χ3n) is 3.24. The Balaban J connectivity index is 2.00. The molecule has 1 aliphatic rings. The van der Waals surface area contributed by atoms with Crippen LogP contribution >= 0.6 is 15.9 Å². The summed E-state index contributed by atoms with van der Waals surface area (Å²) in [4.78, 5) is 13.1. The van der Waals surface area contributed by atoms with Gasteiger partial charge in [-0.15, -0.1) is 0 Å². The summed E-state index contributed by atoms with van der Waals surface area (Å²) in [5.74, 6) is -1.27. The summed E-state index contributed by atoms with van der Waals surface area (Å²) in [6.45, 7) is 2.14. The number of halogens is 2. The first-order chi connectivity index (χ1) is 8.56. The molecule has 0 spiro atoms. The molecule has 0 unspecified atom stereocenters. The molecule has 0 aromatic heterocycles. The average molecular weight is 316 g/mol. The first-order valence-corrected chi connectivity index (χ1v) is 6.74. The van der Waals surface area contributed by atoms with Crippen LogP contribution in [0.1, 0.15) is 18.4 Å². The van der Waals surface area contributed by atoms with Gasteiger partial charge in [0.2, 0.25) is 0 Å². The minimum atomic E-state index is -0.722. The number of benzene rings is 1. The number of carboxylic acid groups (broad SMARTS) is 1. The molecule has 5 heteroatoms. The molecule has 0 bridgehead atoms. The van der Waals surface area contributed by atoms with E-state index in [4.69, 9.17) is 5.11 Å². The van der Waals surface area contributed by atoms with Gasteiger partial charge < -0.3 is 5.11 Å². The molecule has 0 saturated carbocycles. The van der Waals surface area contributed by atoms with Crippen molar-refractivity contribution in [2.24, 2.45) is 5.92 Å². The van der Waals surface area contributed by atoms with Gasteiger partial charge >= 0.3 is 5.97 Å². The summed E-state index contributed by atoms with van der Waals surface area (Å²) in [6.07, 6.45) is 1.65. The van der Waals surface area contributed by atoms with E-state index in [2.05, 4.69) is 20.8 Å². The van der Waals surface area contributed by atoms with Gasteiger partial charge in [-0.3, -0.25) is 9.69 Å². The van der Waals surface area contributed by atoms with Gasteiger partial charge in [-0.1, -0.05) is 6.07 Å². The normalized spacial score (nSPS) is 20.9. The number of carboxylic acids is 1. The lowest BCUT2D eigenvalue weighted by Gasteiger charge is -2.30. The highest BCUT2D eigenvalue weighted by molar-refractivity contribution is 9.10. The van der Waals surface area contributed by atoms with E-state index in [1.165, 1.54) is 6.07 Å². The molecule has 1 atom stereocenters. The van der Waals surface area contributed by atoms with E-state index in [-0.39, 0.29) is 11.7 Å². The molecular weight excluding hydrogens is 301 g/mol. The minimum absolute atomic E-state index is 0.275. The van der Waals surface area contributed by atoms with E-state index >= 15 is 0 Å². The Morgan fingerprint density at radius 1 is 1.56 bits per heavy atom. The second-order valence-corrected chi connectivity index (χ2v) is 5.52. The third kappa shape index (κ3) is 3.29. The Hall–Kier alpha value is -0.940. The number of hydrogen-bond donors (Lipinski definition) is 1. The van der Waals surface area contributed by atoms with Crippen LogP contribution in [0.2, 0.25) is 0 Å². The largest absolute Gasteiger partial charge is 0.481 e. The summed E-state index contributed by atoms with van der Waals surface area (Å²) in [6, 6.07) is 4.92. The van der Waals surface area contributed by atoms with E-state index in [9.17, 15) is 9.18 Å². The fraction of sp³-hybridized carbons (Fsp3) is 0.462. The summed E-state index contributed by atoms with van der Waals surface area (Å²) >= 11 is 3.16. The van der Waals surface area contributed by atoms with Gasteiger partial charge in [-0.2, -0.15) is 0 Å². The molecule has 98 valence electrons. The van der Waals surface area contributed by atoms with Gasteiger partial charge in [0.05, 0.1) is 10.4 Å². The maximum absolute atomic E-state index is 13.1. The molecule has 1 aromatic carbocycles. The fourth-order valence-corrected chi connectivity index (χ4v) is 2.72. The molecule has 0 radical (unpaired) electrons. The lowest BCUT2D eigenvalue weighted by atomic mass is 9.98. The molecule has 3 nitrogen and oxygen atoms in total. The molecule has 1 N–H and O–H groups in total. The van der Waals surface area contributed by atoms with E-state index in [1.54, 1.807) is 12.1 Å². The first kappa shape index (κ1) is 13.5. The Bertz CT molecular complexity index is 453. The maximum atomic E-state index is 13.1. The molecular formula is C13H15BrFNO2. The van der Waals surface area contributed by atoms with Gasteiger partial charge in [0.25, 0.3) is 0 Å². The van der Waals surface area contributed by atoms with E-state index in [0.717, 1.165) is 24.9 Å². The lowest BCUT2D eigenvalue weighted by molar-refractivity contribution is -0.143. The number of piperidine rings is 1. The van der Waals surface area contributed by atoms with Crippen LogP contribution in [0.15, 0.2) is 22.7 Å². The van der Waals surface area contributed by atoms with Gasteiger partial charge in [0.1, 0.15) is 5.82 Å². The Labute approximate surface area is 114 Å². The van der Waals surface area contributed by atoms with Crippen molar-refractivity contribution < 1.29 is 14.3 Å². The fourth-order valence-electron chi connectivity index (χ4n) is 2.30. The second kappa shape index (κ2) is 5.80. The Kier molecular flexibility index (Phi) is 4.35. The van der Waals surface area contributed by atoms with Crippen molar-refractivity contribution in [3.8, 4) is 0 Å². The quantitative estimate of drug-likeness (QED) is 0.932. The number of likely N-dealkylation sites (tertiary alicyclic amines) is 1. The number of aliphatic carboxylic acids is 1. The van der Waals surface area contributed by atoms with Gasteiger partial charge in [-0.25, -0.2) is 4.39 Å². The SMILES string of the molecule is O=C(O)[C@@H]1CCCN(Cc2ccc(F)c(Br)c2)C1. The zero-order valence-electron chi connectivity index (χ0n) is 9.90. The standard InChI is InChI=1S/C13H15BrFNO2/c14-11-6-9(3-4-12(11)15)7-16-5-1-2-10(8-16)13(17)18/h3-4,6,10H,1-2,5,7-8H2,(H,17,18)/t10-/m1/s1. The molecule has 1 heterocycles. The number of rotatable bonds is 3. The maximum Gasteiger partial charge on any atom is 0.307 e. The van der Waals surface area contributed by atoms with Gasteiger partial charge in [-0.05, 0) is 53.0 Å². The van der Waals surface area contributed by atoms with Crippen molar-refractivity contribution in [3.63, 3.8) is 0 Å². The molecule has 1 aromatic rings. The van der Waals surface area contributed by atoms with Crippen LogP contribution in [0.25, 0.3) is 0 Å². The third-order valence-corrected chi connectivity index (χ3v) is 3.85. The zero-order chi connectivity index (χ0) is 13.1. The highest BCUT2D eigenvalue weighted by Crippen LogP contribution is 2.21. The summed E-state index contributed by atoms with van der Waals surface area (Å²) in [7, 11) is 0. The van der Waals surface area contributed by atoms with Crippen LogP contribution in [0.4, 0.5) is 4.39 Å². The van der Waals surface area contributed by atoms with Gasteiger partial charge in [0, 0.05) is 13.1 Å². The molecule has 1 aliphatic heterocycles. The smallest absolute Gasteiger partial charge is 0.307 e. The predicted octanol–water partition coefficient (Wildman–Crippen LogP) is 2.88. The van der Waals surface area contributed by atoms with Crippen molar-refractivity contribution in [2.45, 2.75) is 19.4 Å². The van der Waals surface area contributed by atoms with Gasteiger partial charge in [0.15, 0.2) is 0 Å². The molecule has 18 heavy (non-hydrogen) atoms. The molecule has 0 aliphatic carbocycles. The zero-order valence-corrected chi connectivity index (χ0v) is 11.5. The Morgan fingerprint density at radius 2 is 2.33 bits per heavy atom. The van der Waals surface area contributed by atoms with Crippen LogP contribution in [0.3, 0.4) is 0 Å². The topological polar surface area (TPSA) is 40.5 Å². The highest BCUT2D eigenvalue weighted by atomic mass is 79.9. The number of nitrogens with zero attached hydrogens (tertiary/aromatic N) is 1. The van der Waals surface area contributed by atoms with E-state index in [1.807, 2.05) is 0 Å². The molecule has 0 amide bonds. The summed E-state index contributed by atoms with van der Waals surface area (Å²) in [5, 5.41) is 9.02. The number of hydrogen-bond acceptors (Lipinski definition) is 2. The van der Waals surface area contributed by atoms with Crippen LogP contribution < -0.4 is 0 Å². The minimum Gasteiger partial charge on any atom is -0.481 e. The monoisotopic (exact) mass is 315 g/mol. The molecule has 2 rings (SSSR count). The van der Waals surface area contributed by atoms with Crippen LogP contribution in [0.5, 0.6) is 0 Å².